The third kappa shape index (κ3) is 4.85. The molecule has 0 unspecified atom stereocenters. The van der Waals surface area contributed by atoms with E-state index < -0.39 is 6.04 Å². The Labute approximate surface area is 80.0 Å². The summed E-state index contributed by atoms with van der Waals surface area (Å²) in [4.78, 5) is 13.1. The molecule has 0 aliphatic heterocycles. The molecule has 2 N–H and O–H groups in total. The van der Waals surface area contributed by atoms with Crippen molar-refractivity contribution in [3.63, 3.8) is 0 Å². The fourth-order valence-corrected chi connectivity index (χ4v) is 1.03. The number of likely N-dealkylation sites (N-methyl/N-ethyl adjacent to an activating group) is 1. The molecule has 4 heteroatoms. The topological polar surface area (TPSA) is 55.6 Å². The predicted molar refractivity (Wildman–Crippen MR) is 52.4 cm³/mol. The molecular weight excluding hydrogens is 168 g/mol. The fraction of sp³-hybridized carbons (Fsp3) is 0.889. The number of hydrogen-bond acceptors (Lipinski definition) is 3. The van der Waals surface area contributed by atoms with Crippen LogP contribution >= 0.6 is 0 Å². The monoisotopic (exact) mass is 188 g/mol. The van der Waals surface area contributed by atoms with E-state index in [0.717, 1.165) is 0 Å². The maximum absolute atomic E-state index is 11.4. The second-order valence-electron chi connectivity index (χ2n) is 2.90. The van der Waals surface area contributed by atoms with E-state index in [1.807, 2.05) is 13.8 Å². The molecule has 0 heterocycles. The van der Waals surface area contributed by atoms with Crippen molar-refractivity contribution in [3.8, 4) is 0 Å². The Morgan fingerprint density at radius 3 is 2.54 bits per heavy atom. The van der Waals surface area contributed by atoms with Crippen molar-refractivity contribution in [2.45, 2.75) is 26.8 Å². The molecule has 1 atom stereocenters. The SMILES string of the molecule is CCOCCN(CC)C(=O)[C@H](C)N. The van der Waals surface area contributed by atoms with Crippen molar-refractivity contribution < 1.29 is 9.53 Å². The molecule has 0 aromatic heterocycles. The van der Waals surface area contributed by atoms with Gasteiger partial charge in [0, 0.05) is 19.7 Å². The van der Waals surface area contributed by atoms with Crippen molar-refractivity contribution in [2.24, 2.45) is 5.73 Å². The number of carbonyl (C=O) groups is 1. The lowest BCUT2D eigenvalue weighted by Gasteiger charge is -2.22. The maximum Gasteiger partial charge on any atom is 0.239 e. The number of amides is 1. The van der Waals surface area contributed by atoms with Crippen LogP contribution in [0.25, 0.3) is 0 Å². The Balaban J connectivity index is 3.81. The minimum atomic E-state index is -0.415. The molecule has 1 amide bonds. The van der Waals surface area contributed by atoms with Gasteiger partial charge in [0.15, 0.2) is 0 Å². The molecule has 13 heavy (non-hydrogen) atoms. The van der Waals surface area contributed by atoms with Crippen LogP contribution in [0, 0.1) is 0 Å². The summed E-state index contributed by atoms with van der Waals surface area (Å²) in [5.74, 6) is -0.0118. The van der Waals surface area contributed by atoms with E-state index >= 15 is 0 Å². The summed E-state index contributed by atoms with van der Waals surface area (Å²) in [5, 5.41) is 0. The van der Waals surface area contributed by atoms with E-state index in [1.54, 1.807) is 11.8 Å². The summed E-state index contributed by atoms with van der Waals surface area (Å²) in [7, 11) is 0. The largest absolute Gasteiger partial charge is 0.380 e. The van der Waals surface area contributed by atoms with Crippen LogP contribution < -0.4 is 5.73 Å². The number of hydrogen-bond donors (Lipinski definition) is 1. The van der Waals surface area contributed by atoms with E-state index in [1.165, 1.54) is 0 Å². The summed E-state index contributed by atoms with van der Waals surface area (Å²) >= 11 is 0. The standard InChI is InChI=1S/C9H20N2O2/c1-4-11(6-7-13-5-2)9(12)8(3)10/h8H,4-7,10H2,1-3H3/t8-/m0/s1. The molecule has 0 aliphatic carbocycles. The van der Waals surface area contributed by atoms with Crippen LogP contribution in [0.1, 0.15) is 20.8 Å². The average Bonchev–Trinajstić information content (AvgIpc) is 2.11. The van der Waals surface area contributed by atoms with Crippen LogP contribution in [-0.4, -0.2) is 43.2 Å². The normalized spacial score (nSPS) is 12.6. The molecule has 4 nitrogen and oxygen atoms in total. The Bertz CT molecular complexity index is 149. The predicted octanol–water partition coefficient (Wildman–Crippen LogP) is 0.219. The van der Waals surface area contributed by atoms with Gasteiger partial charge >= 0.3 is 0 Å². The highest BCUT2D eigenvalue weighted by molar-refractivity contribution is 5.81. The molecule has 0 aromatic rings. The van der Waals surface area contributed by atoms with Crippen LogP contribution in [0.15, 0.2) is 0 Å². The van der Waals surface area contributed by atoms with Gasteiger partial charge in [0.2, 0.25) is 5.91 Å². The van der Waals surface area contributed by atoms with Crippen LogP contribution in [0.5, 0.6) is 0 Å². The first kappa shape index (κ1) is 12.4. The molecule has 78 valence electrons. The van der Waals surface area contributed by atoms with Gasteiger partial charge in [-0.1, -0.05) is 0 Å². The summed E-state index contributed by atoms with van der Waals surface area (Å²) in [5.41, 5.74) is 5.48. The van der Waals surface area contributed by atoms with Gasteiger partial charge in [-0.3, -0.25) is 4.79 Å². The van der Waals surface area contributed by atoms with Crippen molar-refractivity contribution in [1.29, 1.82) is 0 Å². The Morgan fingerprint density at radius 1 is 1.54 bits per heavy atom. The highest BCUT2D eigenvalue weighted by Gasteiger charge is 2.14. The Hall–Kier alpha value is -0.610. The first-order valence-electron chi connectivity index (χ1n) is 4.75. The van der Waals surface area contributed by atoms with Crippen molar-refractivity contribution in [2.75, 3.05) is 26.3 Å². The van der Waals surface area contributed by atoms with E-state index in [0.29, 0.717) is 26.3 Å². The van der Waals surface area contributed by atoms with E-state index in [-0.39, 0.29) is 5.91 Å². The number of nitrogens with two attached hydrogens (primary N) is 1. The zero-order valence-corrected chi connectivity index (χ0v) is 8.75. The molecule has 0 fully saturated rings. The van der Waals surface area contributed by atoms with Crippen LogP contribution in [0.2, 0.25) is 0 Å². The van der Waals surface area contributed by atoms with Gasteiger partial charge in [-0.05, 0) is 20.8 Å². The Kier molecular flexibility index (Phi) is 6.54. The lowest BCUT2D eigenvalue weighted by atomic mass is 10.3. The number of ether oxygens (including phenoxy) is 1. The number of carbonyl (C=O) groups excluding carboxylic acids is 1. The lowest BCUT2D eigenvalue weighted by molar-refractivity contribution is -0.132. The second kappa shape index (κ2) is 6.86. The molecule has 0 radical (unpaired) electrons. The van der Waals surface area contributed by atoms with E-state index in [9.17, 15) is 4.79 Å². The molecule has 0 rings (SSSR count). The van der Waals surface area contributed by atoms with Gasteiger partial charge < -0.3 is 15.4 Å². The quantitative estimate of drug-likeness (QED) is 0.607. The highest BCUT2D eigenvalue weighted by atomic mass is 16.5. The van der Waals surface area contributed by atoms with Gasteiger partial charge in [-0.25, -0.2) is 0 Å². The number of nitrogens with zero attached hydrogens (tertiary/aromatic N) is 1. The van der Waals surface area contributed by atoms with Crippen molar-refractivity contribution >= 4 is 5.91 Å². The minimum Gasteiger partial charge on any atom is -0.380 e. The summed E-state index contributed by atoms with van der Waals surface area (Å²) in [6.07, 6.45) is 0. The second-order valence-corrected chi connectivity index (χ2v) is 2.90. The van der Waals surface area contributed by atoms with E-state index in [4.69, 9.17) is 10.5 Å². The lowest BCUT2D eigenvalue weighted by Crippen LogP contribution is -2.43. The molecule has 0 saturated carbocycles. The van der Waals surface area contributed by atoms with Gasteiger partial charge in [-0.15, -0.1) is 0 Å². The Morgan fingerprint density at radius 2 is 2.15 bits per heavy atom. The van der Waals surface area contributed by atoms with Crippen LogP contribution in [0.3, 0.4) is 0 Å². The maximum atomic E-state index is 11.4. The molecular formula is C9H20N2O2. The van der Waals surface area contributed by atoms with Gasteiger partial charge in [0.05, 0.1) is 12.6 Å². The van der Waals surface area contributed by atoms with Gasteiger partial charge in [-0.2, -0.15) is 0 Å². The van der Waals surface area contributed by atoms with Gasteiger partial charge in [0.25, 0.3) is 0 Å². The van der Waals surface area contributed by atoms with Crippen LogP contribution in [0.4, 0.5) is 0 Å². The molecule has 0 aliphatic rings. The molecule has 0 saturated heterocycles. The zero-order valence-electron chi connectivity index (χ0n) is 8.75. The third-order valence-electron chi connectivity index (χ3n) is 1.79. The fourth-order valence-electron chi connectivity index (χ4n) is 1.03. The summed E-state index contributed by atoms with van der Waals surface area (Å²) < 4.78 is 5.16. The minimum absolute atomic E-state index is 0.0118. The highest BCUT2D eigenvalue weighted by Crippen LogP contribution is 1.93. The molecule has 0 aromatic carbocycles. The third-order valence-corrected chi connectivity index (χ3v) is 1.79. The first-order chi connectivity index (χ1) is 6.13. The van der Waals surface area contributed by atoms with Crippen molar-refractivity contribution in [3.05, 3.63) is 0 Å². The van der Waals surface area contributed by atoms with Crippen molar-refractivity contribution in [1.82, 2.24) is 4.90 Å². The van der Waals surface area contributed by atoms with Gasteiger partial charge in [0.1, 0.15) is 0 Å². The average molecular weight is 188 g/mol. The molecule has 0 spiro atoms. The first-order valence-corrected chi connectivity index (χ1v) is 4.75. The smallest absolute Gasteiger partial charge is 0.239 e. The van der Waals surface area contributed by atoms with Crippen LogP contribution in [-0.2, 0) is 9.53 Å². The zero-order chi connectivity index (χ0) is 10.3. The number of rotatable bonds is 6. The molecule has 0 bridgehead atoms. The summed E-state index contributed by atoms with van der Waals surface area (Å²) in [6.45, 7) is 8.16. The summed E-state index contributed by atoms with van der Waals surface area (Å²) in [6, 6.07) is -0.415. The van der Waals surface area contributed by atoms with E-state index in [2.05, 4.69) is 0 Å².